The summed E-state index contributed by atoms with van der Waals surface area (Å²) in [5.74, 6) is 0.169. The summed E-state index contributed by atoms with van der Waals surface area (Å²) in [5, 5.41) is 6.48. The van der Waals surface area contributed by atoms with Crippen LogP contribution in [0.1, 0.15) is 25.5 Å². The predicted octanol–water partition coefficient (Wildman–Crippen LogP) is 3.73. The van der Waals surface area contributed by atoms with Crippen LogP contribution in [-0.2, 0) is 9.53 Å². The molecule has 0 radical (unpaired) electrons. The van der Waals surface area contributed by atoms with E-state index in [1.165, 1.54) is 0 Å². The second kappa shape index (κ2) is 11.5. The van der Waals surface area contributed by atoms with Gasteiger partial charge < -0.3 is 25.0 Å². The highest BCUT2D eigenvalue weighted by Gasteiger charge is 2.36. The van der Waals surface area contributed by atoms with Crippen LogP contribution in [0.15, 0.2) is 59.8 Å². The Morgan fingerprint density at radius 2 is 1.83 bits per heavy atom. The van der Waals surface area contributed by atoms with Crippen molar-refractivity contribution in [2.24, 2.45) is 0 Å². The van der Waals surface area contributed by atoms with E-state index in [1.54, 1.807) is 6.92 Å². The van der Waals surface area contributed by atoms with E-state index in [2.05, 4.69) is 26.5 Å². The normalized spacial score (nSPS) is 18.7. The molecular weight excluding hydrogens is 468 g/mol. The number of carbonyl (C=O) groups excluding carboxylic acids is 2. The van der Waals surface area contributed by atoms with E-state index in [-0.39, 0.29) is 12.6 Å². The molecule has 1 fully saturated rings. The van der Waals surface area contributed by atoms with Crippen LogP contribution >= 0.6 is 11.6 Å². The first-order chi connectivity index (χ1) is 17.0. The lowest BCUT2D eigenvalue weighted by molar-refractivity contribution is -0.139. The fourth-order valence-corrected chi connectivity index (χ4v) is 4.68. The predicted molar refractivity (Wildman–Crippen MR) is 136 cm³/mol. The van der Waals surface area contributed by atoms with Crippen molar-refractivity contribution in [3.05, 3.63) is 70.4 Å². The molecule has 2 N–H and O–H groups in total. The molecule has 0 saturated carbocycles. The van der Waals surface area contributed by atoms with Crippen LogP contribution in [0.2, 0.25) is 5.02 Å². The topological polar surface area (TPSA) is 83.1 Å². The van der Waals surface area contributed by atoms with Crippen LogP contribution in [0, 0.1) is 0 Å². The van der Waals surface area contributed by atoms with Crippen molar-refractivity contribution >= 4 is 29.3 Å². The third-order valence-corrected chi connectivity index (χ3v) is 6.34. The van der Waals surface area contributed by atoms with Gasteiger partial charge in [0.25, 0.3) is 0 Å². The minimum absolute atomic E-state index is 0.238. The smallest absolute Gasteiger partial charge is 0.338 e. The van der Waals surface area contributed by atoms with Crippen molar-refractivity contribution in [1.82, 2.24) is 15.5 Å². The number of amides is 2. The zero-order valence-corrected chi connectivity index (χ0v) is 20.8. The Labute approximate surface area is 210 Å². The van der Waals surface area contributed by atoms with Crippen molar-refractivity contribution in [2.75, 3.05) is 50.8 Å². The molecule has 2 aliphatic rings. The standard InChI is InChI=1S/C26H31ClN4O4/c1-3-34-22-11-6-5-10-20(22)24-23(25(32)35-4-2)21(28-26(33)29-24)17-30-12-14-31(15-13-30)19-9-7-8-18(27)16-19/h5-11,16,24H,3-4,12-15,17H2,1-2H3,(H2,28,29,33)/t24-/m0/s1. The van der Waals surface area contributed by atoms with E-state index in [0.717, 1.165) is 37.4 Å². The van der Waals surface area contributed by atoms with E-state index in [0.29, 0.717) is 35.2 Å². The van der Waals surface area contributed by atoms with Crippen LogP contribution in [0.25, 0.3) is 0 Å². The molecule has 8 nitrogen and oxygen atoms in total. The monoisotopic (exact) mass is 498 g/mol. The molecule has 2 aromatic carbocycles. The number of benzene rings is 2. The van der Waals surface area contributed by atoms with Gasteiger partial charge in [-0.1, -0.05) is 35.9 Å². The Bertz CT molecular complexity index is 1100. The van der Waals surface area contributed by atoms with Crippen molar-refractivity contribution in [1.29, 1.82) is 0 Å². The van der Waals surface area contributed by atoms with Gasteiger partial charge in [-0.3, -0.25) is 4.90 Å². The molecule has 2 aromatic rings. The second-order valence-electron chi connectivity index (χ2n) is 8.36. The Morgan fingerprint density at radius 1 is 1.06 bits per heavy atom. The average Bonchev–Trinajstić information content (AvgIpc) is 2.85. The zero-order chi connectivity index (χ0) is 24.8. The van der Waals surface area contributed by atoms with Crippen molar-refractivity contribution in [3.63, 3.8) is 0 Å². The molecule has 35 heavy (non-hydrogen) atoms. The van der Waals surface area contributed by atoms with Crippen molar-refractivity contribution < 1.29 is 19.1 Å². The molecule has 2 aliphatic heterocycles. The summed E-state index contributed by atoms with van der Waals surface area (Å²) >= 11 is 6.16. The zero-order valence-electron chi connectivity index (χ0n) is 20.1. The van der Waals surface area contributed by atoms with Crippen LogP contribution < -0.4 is 20.3 Å². The molecular formula is C26H31ClN4O4. The summed E-state index contributed by atoms with van der Waals surface area (Å²) in [5.41, 5.74) is 2.76. The molecule has 0 bridgehead atoms. The summed E-state index contributed by atoms with van der Waals surface area (Å²) in [6, 6.07) is 14.2. The molecule has 0 unspecified atom stereocenters. The van der Waals surface area contributed by atoms with Gasteiger partial charge in [0.1, 0.15) is 5.75 Å². The van der Waals surface area contributed by atoms with E-state index >= 15 is 0 Å². The number of esters is 1. The van der Waals surface area contributed by atoms with Gasteiger partial charge >= 0.3 is 12.0 Å². The number of ether oxygens (including phenoxy) is 2. The van der Waals surface area contributed by atoms with Gasteiger partial charge in [0.15, 0.2) is 0 Å². The number of carbonyl (C=O) groups is 2. The first-order valence-corrected chi connectivity index (χ1v) is 12.3. The molecule has 9 heteroatoms. The number of urea groups is 1. The molecule has 186 valence electrons. The molecule has 1 saturated heterocycles. The van der Waals surface area contributed by atoms with Crippen LogP contribution in [-0.4, -0.2) is 62.8 Å². The fraction of sp³-hybridized carbons (Fsp3) is 0.385. The third kappa shape index (κ3) is 5.89. The Hall–Kier alpha value is -3.23. The summed E-state index contributed by atoms with van der Waals surface area (Å²) in [4.78, 5) is 30.3. The number of rotatable bonds is 8. The lowest BCUT2D eigenvalue weighted by Gasteiger charge is -2.38. The van der Waals surface area contributed by atoms with E-state index < -0.39 is 12.0 Å². The van der Waals surface area contributed by atoms with Crippen LogP contribution in [0.5, 0.6) is 5.75 Å². The highest BCUT2D eigenvalue weighted by Crippen LogP contribution is 2.34. The van der Waals surface area contributed by atoms with Gasteiger partial charge in [-0.05, 0) is 38.1 Å². The number of nitrogens with zero attached hydrogens (tertiary/aromatic N) is 2. The molecule has 0 aromatic heterocycles. The van der Waals surface area contributed by atoms with E-state index in [9.17, 15) is 9.59 Å². The summed E-state index contributed by atoms with van der Waals surface area (Å²) in [6.45, 7) is 7.97. The molecule has 4 rings (SSSR count). The average molecular weight is 499 g/mol. The number of piperazine rings is 1. The van der Waals surface area contributed by atoms with Gasteiger partial charge in [-0.15, -0.1) is 0 Å². The highest BCUT2D eigenvalue weighted by atomic mass is 35.5. The maximum absolute atomic E-state index is 13.1. The third-order valence-electron chi connectivity index (χ3n) is 6.11. The lowest BCUT2D eigenvalue weighted by Crippen LogP contribution is -2.51. The highest BCUT2D eigenvalue weighted by molar-refractivity contribution is 6.30. The molecule has 0 spiro atoms. The number of halogens is 1. The Morgan fingerprint density at radius 3 is 2.54 bits per heavy atom. The molecule has 0 aliphatic carbocycles. The van der Waals surface area contributed by atoms with E-state index in [1.807, 2.05) is 49.4 Å². The maximum atomic E-state index is 13.1. The Kier molecular flexibility index (Phi) is 8.15. The number of anilines is 1. The SMILES string of the molecule is CCOC(=O)C1=C(CN2CCN(c3cccc(Cl)c3)CC2)NC(=O)N[C@H]1c1ccccc1OCC. The van der Waals surface area contributed by atoms with Crippen LogP contribution in [0.3, 0.4) is 0 Å². The molecule has 2 amide bonds. The first kappa shape index (κ1) is 24.9. The van der Waals surface area contributed by atoms with Gasteiger partial charge in [0.05, 0.1) is 24.8 Å². The molecule has 1 atom stereocenters. The molecule has 2 heterocycles. The number of hydrogen-bond acceptors (Lipinski definition) is 6. The van der Waals surface area contributed by atoms with Gasteiger partial charge in [0, 0.05) is 54.7 Å². The summed E-state index contributed by atoms with van der Waals surface area (Å²) in [6.07, 6.45) is 0. The minimum atomic E-state index is -0.673. The minimum Gasteiger partial charge on any atom is -0.494 e. The Balaban J connectivity index is 1.59. The maximum Gasteiger partial charge on any atom is 0.338 e. The van der Waals surface area contributed by atoms with Gasteiger partial charge in [0.2, 0.25) is 0 Å². The van der Waals surface area contributed by atoms with Crippen molar-refractivity contribution in [2.45, 2.75) is 19.9 Å². The fourth-order valence-electron chi connectivity index (χ4n) is 4.49. The van der Waals surface area contributed by atoms with Gasteiger partial charge in [-0.2, -0.15) is 0 Å². The van der Waals surface area contributed by atoms with Crippen molar-refractivity contribution in [3.8, 4) is 5.75 Å². The summed E-state index contributed by atoms with van der Waals surface area (Å²) < 4.78 is 11.2. The summed E-state index contributed by atoms with van der Waals surface area (Å²) in [7, 11) is 0. The number of para-hydroxylation sites is 1. The van der Waals surface area contributed by atoms with E-state index in [4.69, 9.17) is 21.1 Å². The van der Waals surface area contributed by atoms with Crippen LogP contribution in [0.4, 0.5) is 10.5 Å². The quantitative estimate of drug-likeness (QED) is 0.540. The number of hydrogen-bond donors (Lipinski definition) is 2. The first-order valence-electron chi connectivity index (χ1n) is 11.9. The van der Waals surface area contributed by atoms with Gasteiger partial charge in [-0.25, -0.2) is 9.59 Å². The largest absolute Gasteiger partial charge is 0.494 e. The number of nitrogens with one attached hydrogen (secondary N) is 2. The second-order valence-corrected chi connectivity index (χ2v) is 8.79. The lowest BCUT2D eigenvalue weighted by atomic mass is 9.94.